The van der Waals surface area contributed by atoms with E-state index in [9.17, 15) is 9.50 Å². The van der Waals surface area contributed by atoms with E-state index in [2.05, 4.69) is 4.98 Å². The van der Waals surface area contributed by atoms with Crippen LogP contribution in [0.25, 0.3) is 11.3 Å². The van der Waals surface area contributed by atoms with Crippen LogP contribution < -0.4 is 0 Å². The van der Waals surface area contributed by atoms with E-state index < -0.39 is 0 Å². The summed E-state index contributed by atoms with van der Waals surface area (Å²) in [7, 11) is 0. The second kappa shape index (κ2) is 3.46. The van der Waals surface area contributed by atoms with Gasteiger partial charge in [0.1, 0.15) is 17.3 Å². The predicted molar refractivity (Wildman–Crippen MR) is 51.3 cm³/mol. The molecule has 0 fully saturated rings. The van der Waals surface area contributed by atoms with E-state index in [-0.39, 0.29) is 11.6 Å². The largest absolute Gasteiger partial charge is 0.506 e. The molecule has 1 N–H and O–H groups in total. The smallest absolute Gasteiger partial charge is 0.141 e. The average molecular weight is 189 g/mol. The van der Waals surface area contributed by atoms with Gasteiger partial charge in [0.2, 0.25) is 0 Å². The lowest BCUT2D eigenvalue weighted by atomic mass is 10.1. The highest BCUT2D eigenvalue weighted by Gasteiger charge is 2.04. The van der Waals surface area contributed by atoms with E-state index in [0.29, 0.717) is 11.3 Å². The van der Waals surface area contributed by atoms with E-state index in [1.807, 2.05) is 0 Å². The fourth-order valence-corrected chi connectivity index (χ4v) is 1.26. The Morgan fingerprint density at radius 2 is 2.00 bits per heavy atom. The van der Waals surface area contributed by atoms with E-state index >= 15 is 0 Å². The van der Waals surface area contributed by atoms with Crippen molar-refractivity contribution in [3.8, 4) is 17.0 Å². The highest BCUT2D eigenvalue weighted by atomic mass is 19.1. The molecule has 0 spiro atoms. The Bertz CT molecular complexity index is 457. The van der Waals surface area contributed by atoms with Crippen molar-refractivity contribution < 1.29 is 9.50 Å². The lowest BCUT2D eigenvalue weighted by Gasteiger charge is -2.02. The maximum atomic E-state index is 12.9. The molecule has 2 aromatic rings. The van der Waals surface area contributed by atoms with Crippen LogP contribution in [0.2, 0.25) is 0 Å². The molecule has 3 heteroatoms. The summed E-state index contributed by atoms with van der Waals surface area (Å²) in [6.07, 6.45) is 1.56. The molecule has 0 radical (unpaired) electrons. The van der Waals surface area contributed by atoms with Crippen LogP contribution in [0, 0.1) is 5.82 Å². The third-order valence-corrected chi connectivity index (χ3v) is 1.88. The molecule has 14 heavy (non-hydrogen) atoms. The number of halogens is 1. The quantitative estimate of drug-likeness (QED) is 0.747. The third-order valence-electron chi connectivity index (χ3n) is 1.88. The Hall–Kier alpha value is -1.90. The fourth-order valence-electron chi connectivity index (χ4n) is 1.26. The molecule has 1 heterocycles. The van der Waals surface area contributed by atoms with Gasteiger partial charge in [-0.25, -0.2) is 4.39 Å². The molecule has 2 rings (SSSR count). The van der Waals surface area contributed by atoms with Crippen LogP contribution in [0.4, 0.5) is 4.39 Å². The Labute approximate surface area is 80.7 Å². The van der Waals surface area contributed by atoms with Crippen molar-refractivity contribution in [2.75, 3.05) is 0 Å². The van der Waals surface area contributed by atoms with Gasteiger partial charge in [0.05, 0.1) is 0 Å². The zero-order valence-electron chi connectivity index (χ0n) is 7.31. The zero-order valence-corrected chi connectivity index (χ0v) is 7.31. The molecule has 0 bridgehead atoms. The van der Waals surface area contributed by atoms with Crippen LogP contribution in [-0.4, -0.2) is 10.1 Å². The topological polar surface area (TPSA) is 33.1 Å². The number of pyridine rings is 1. The van der Waals surface area contributed by atoms with Crippen molar-refractivity contribution in [2.24, 2.45) is 0 Å². The minimum Gasteiger partial charge on any atom is -0.506 e. The highest BCUT2D eigenvalue weighted by molar-refractivity contribution is 5.65. The highest BCUT2D eigenvalue weighted by Crippen LogP contribution is 2.25. The number of hydrogen-bond acceptors (Lipinski definition) is 2. The van der Waals surface area contributed by atoms with Crippen molar-refractivity contribution in [3.63, 3.8) is 0 Å². The predicted octanol–water partition coefficient (Wildman–Crippen LogP) is 2.59. The molecule has 2 nitrogen and oxygen atoms in total. The Morgan fingerprint density at radius 3 is 2.71 bits per heavy atom. The number of nitrogens with zero attached hydrogens (tertiary/aromatic N) is 1. The van der Waals surface area contributed by atoms with Crippen LogP contribution in [-0.2, 0) is 0 Å². The second-order valence-electron chi connectivity index (χ2n) is 2.88. The third kappa shape index (κ3) is 1.57. The molecule has 0 unspecified atom stereocenters. The molecule has 0 atom stereocenters. The first-order valence-electron chi connectivity index (χ1n) is 4.17. The van der Waals surface area contributed by atoms with E-state index in [1.165, 1.54) is 18.2 Å². The van der Waals surface area contributed by atoms with Crippen LogP contribution in [0.1, 0.15) is 0 Å². The first-order chi connectivity index (χ1) is 6.77. The maximum Gasteiger partial charge on any atom is 0.141 e. The molecule has 70 valence electrons. The summed E-state index contributed by atoms with van der Waals surface area (Å²) in [5.74, 6) is -0.286. The summed E-state index contributed by atoms with van der Waals surface area (Å²) in [6, 6.07) is 9.11. The van der Waals surface area contributed by atoms with Gasteiger partial charge in [0.25, 0.3) is 0 Å². The summed E-state index contributed by atoms with van der Waals surface area (Å²) in [5.41, 5.74) is 0.968. The molecular formula is C11H8FNO. The Morgan fingerprint density at radius 1 is 1.14 bits per heavy atom. The molecule has 0 saturated heterocycles. The first kappa shape index (κ1) is 8.69. The van der Waals surface area contributed by atoms with Gasteiger partial charge in [0, 0.05) is 11.8 Å². The number of hydrogen-bond donors (Lipinski definition) is 1. The van der Waals surface area contributed by atoms with Gasteiger partial charge in [-0.3, -0.25) is 4.98 Å². The van der Waals surface area contributed by atoms with E-state index in [4.69, 9.17) is 0 Å². The molecule has 0 aliphatic heterocycles. The van der Waals surface area contributed by atoms with Crippen LogP contribution in [0.3, 0.4) is 0 Å². The van der Waals surface area contributed by atoms with Crippen molar-refractivity contribution in [3.05, 3.63) is 48.4 Å². The van der Waals surface area contributed by atoms with Gasteiger partial charge in [-0.15, -0.1) is 0 Å². The van der Waals surface area contributed by atoms with E-state index in [1.54, 1.807) is 24.4 Å². The van der Waals surface area contributed by atoms with Crippen LogP contribution >= 0.6 is 0 Å². The number of aromatic nitrogens is 1. The minimum absolute atomic E-state index is 0.0538. The monoisotopic (exact) mass is 189 g/mol. The summed E-state index contributed by atoms with van der Waals surface area (Å²) in [6.45, 7) is 0. The maximum absolute atomic E-state index is 12.9. The standard InChI is InChI=1S/C11H8FNO/c12-9-4-1-3-8(7-9)11-10(14)5-2-6-13-11/h1-7,14H. The second-order valence-corrected chi connectivity index (χ2v) is 2.88. The van der Waals surface area contributed by atoms with Gasteiger partial charge in [-0.1, -0.05) is 12.1 Å². The lowest BCUT2D eigenvalue weighted by Crippen LogP contribution is -1.84. The van der Waals surface area contributed by atoms with Crippen molar-refractivity contribution in [1.29, 1.82) is 0 Å². The SMILES string of the molecule is Oc1cccnc1-c1cccc(F)c1. The molecule has 0 saturated carbocycles. The molecule has 0 amide bonds. The summed E-state index contributed by atoms with van der Waals surface area (Å²) in [5, 5.41) is 9.47. The van der Waals surface area contributed by atoms with Crippen molar-refractivity contribution in [1.82, 2.24) is 4.98 Å². The number of aromatic hydroxyl groups is 1. The minimum atomic E-state index is -0.340. The van der Waals surface area contributed by atoms with Gasteiger partial charge in [0.15, 0.2) is 0 Å². The average Bonchev–Trinajstić information content (AvgIpc) is 2.18. The molecule has 1 aromatic heterocycles. The summed E-state index contributed by atoms with van der Waals surface area (Å²) < 4.78 is 12.9. The van der Waals surface area contributed by atoms with E-state index in [0.717, 1.165) is 0 Å². The summed E-state index contributed by atoms with van der Waals surface area (Å²) >= 11 is 0. The lowest BCUT2D eigenvalue weighted by molar-refractivity contribution is 0.475. The van der Waals surface area contributed by atoms with Crippen LogP contribution in [0.5, 0.6) is 5.75 Å². The van der Waals surface area contributed by atoms with Gasteiger partial charge < -0.3 is 5.11 Å². The zero-order chi connectivity index (χ0) is 9.97. The summed E-state index contributed by atoms with van der Waals surface area (Å²) in [4.78, 5) is 3.97. The molecular weight excluding hydrogens is 181 g/mol. The molecule has 1 aromatic carbocycles. The van der Waals surface area contributed by atoms with Crippen molar-refractivity contribution in [2.45, 2.75) is 0 Å². The normalized spacial score (nSPS) is 10.1. The first-order valence-corrected chi connectivity index (χ1v) is 4.17. The van der Waals surface area contributed by atoms with Gasteiger partial charge in [-0.2, -0.15) is 0 Å². The fraction of sp³-hybridized carbons (Fsp3) is 0. The number of benzene rings is 1. The van der Waals surface area contributed by atoms with Crippen LogP contribution in [0.15, 0.2) is 42.6 Å². The Balaban J connectivity index is 2.55. The molecule has 0 aliphatic carbocycles. The molecule has 0 aliphatic rings. The number of rotatable bonds is 1. The van der Waals surface area contributed by atoms with Gasteiger partial charge >= 0.3 is 0 Å². The Kier molecular flexibility index (Phi) is 2.14. The van der Waals surface area contributed by atoms with Crippen molar-refractivity contribution >= 4 is 0 Å². The van der Waals surface area contributed by atoms with Gasteiger partial charge in [-0.05, 0) is 24.3 Å².